The van der Waals surface area contributed by atoms with Crippen molar-refractivity contribution in [1.82, 2.24) is 0 Å². The molecule has 1 aromatic rings. The molecule has 1 N–H and O–H groups in total. The molecule has 17 heavy (non-hydrogen) atoms. The third-order valence-electron chi connectivity index (χ3n) is 3.48. The van der Waals surface area contributed by atoms with Crippen LogP contribution in [0.15, 0.2) is 24.3 Å². The van der Waals surface area contributed by atoms with Crippen LogP contribution in [-0.4, -0.2) is 17.7 Å². The van der Waals surface area contributed by atoms with Crippen LogP contribution in [0.4, 0.5) is 5.69 Å². The van der Waals surface area contributed by atoms with E-state index >= 15 is 0 Å². The Morgan fingerprint density at radius 1 is 1.18 bits per heavy atom. The molecule has 0 saturated heterocycles. The summed E-state index contributed by atoms with van der Waals surface area (Å²) in [6.07, 6.45) is 2.39. The lowest BCUT2D eigenvalue weighted by Crippen LogP contribution is -2.32. The molecule has 0 aliphatic heterocycles. The molecule has 1 aromatic carbocycles. The molecule has 1 unspecified atom stereocenters. The van der Waals surface area contributed by atoms with Crippen molar-refractivity contribution >= 4 is 5.69 Å². The van der Waals surface area contributed by atoms with Crippen LogP contribution in [0.5, 0.6) is 0 Å². The molecular formula is C15H23NO. The molecule has 2 rings (SSSR count). The molecule has 1 fully saturated rings. The Morgan fingerprint density at radius 2 is 1.76 bits per heavy atom. The molecule has 94 valence electrons. The van der Waals surface area contributed by atoms with E-state index in [0.29, 0.717) is 6.04 Å². The zero-order valence-corrected chi connectivity index (χ0v) is 11.1. The van der Waals surface area contributed by atoms with Crippen LogP contribution in [0.1, 0.15) is 45.3 Å². The first-order chi connectivity index (χ1) is 8.08. The Bertz CT molecular complexity index is 352. The van der Waals surface area contributed by atoms with E-state index in [4.69, 9.17) is 0 Å². The lowest BCUT2D eigenvalue weighted by Gasteiger charge is -2.29. The van der Waals surface area contributed by atoms with Gasteiger partial charge in [0.15, 0.2) is 0 Å². The van der Waals surface area contributed by atoms with Crippen molar-refractivity contribution in [2.75, 3.05) is 11.4 Å². The van der Waals surface area contributed by atoms with Crippen LogP contribution >= 0.6 is 0 Å². The number of aliphatic hydroxyl groups excluding tert-OH is 1. The van der Waals surface area contributed by atoms with Crippen LogP contribution in [0.3, 0.4) is 0 Å². The average Bonchev–Trinajstić information content (AvgIpc) is 3.09. The highest BCUT2D eigenvalue weighted by Gasteiger charge is 2.25. The van der Waals surface area contributed by atoms with Crippen molar-refractivity contribution < 1.29 is 5.11 Å². The number of nitrogens with zero attached hydrogens (tertiary/aromatic N) is 1. The molecular weight excluding hydrogens is 210 g/mol. The molecule has 0 heterocycles. The van der Waals surface area contributed by atoms with Gasteiger partial charge >= 0.3 is 0 Å². The van der Waals surface area contributed by atoms with E-state index in [1.807, 2.05) is 12.1 Å². The molecule has 2 nitrogen and oxygen atoms in total. The largest absolute Gasteiger partial charge is 0.389 e. The van der Waals surface area contributed by atoms with Crippen molar-refractivity contribution in [3.05, 3.63) is 29.8 Å². The Hall–Kier alpha value is -1.02. The van der Waals surface area contributed by atoms with Gasteiger partial charge in [-0.05, 0) is 57.2 Å². The van der Waals surface area contributed by atoms with Crippen LogP contribution in [0.25, 0.3) is 0 Å². The van der Waals surface area contributed by atoms with E-state index in [1.54, 1.807) is 6.92 Å². The number of anilines is 1. The van der Waals surface area contributed by atoms with Gasteiger partial charge in [0.05, 0.1) is 6.10 Å². The molecule has 0 radical (unpaired) electrons. The number of benzene rings is 1. The number of hydrogen-bond acceptors (Lipinski definition) is 2. The highest BCUT2D eigenvalue weighted by Crippen LogP contribution is 2.32. The molecule has 0 aromatic heterocycles. The Morgan fingerprint density at radius 3 is 2.18 bits per heavy atom. The summed E-state index contributed by atoms with van der Waals surface area (Å²) >= 11 is 0. The molecule has 2 heteroatoms. The fourth-order valence-corrected chi connectivity index (χ4v) is 2.14. The van der Waals surface area contributed by atoms with Crippen molar-refractivity contribution in [2.24, 2.45) is 5.92 Å². The maximum Gasteiger partial charge on any atom is 0.0761 e. The maximum absolute atomic E-state index is 9.50. The summed E-state index contributed by atoms with van der Waals surface area (Å²) in [6, 6.07) is 8.85. The number of hydrogen-bond donors (Lipinski definition) is 1. The lowest BCUT2D eigenvalue weighted by atomic mass is 10.1. The van der Waals surface area contributed by atoms with E-state index in [0.717, 1.165) is 11.5 Å². The predicted molar refractivity (Wildman–Crippen MR) is 72.3 cm³/mol. The smallest absolute Gasteiger partial charge is 0.0761 e. The molecule has 1 atom stereocenters. The second-order valence-electron chi connectivity index (χ2n) is 5.46. The second-order valence-corrected chi connectivity index (χ2v) is 5.46. The van der Waals surface area contributed by atoms with Crippen LogP contribution in [0.2, 0.25) is 0 Å². The first kappa shape index (κ1) is 12.4. The lowest BCUT2D eigenvalue weighted by molar-refractivity contribution is 0.199. The molecule has 0 spiro atoms. The van der Waals surface area contributed by atoms with E-state index in [2.05, 4.69) is 30.9 Å². The SMILES string of the molecule is CC(O)c1ccc(N(CC2CC2)C(C)C)cc1. The zero-order chi connectivity index (χ0) is 12.4. The Labute approximate surface area is 104 Å². The van der Waals surface area contributed by atoms with Crippen molar-refractivity contribution in [1.29, 1.82) is 0 Å². The summed E-state index contributed by atoms with van der Waals surface area (Å²) in [5.41, 5.74) is 2.26. The highest BCUT2D eigenvalue weighted by atomic mass is 16.3. The zero-order valence-electron chi connectivity index (χ0n) is 11.1. The normalized spacial score (nSPS) is 17.2. The third-order valence-corrected chi connectivity index (χ3v) is 3.48. The van der Waals surface area contributed by atoms with Gasteiger partial charge in [0.1, 0.15) is 0 Å². The Balaban J connectivity index is 2.11. The fourth-order valence-electron chi connectivity index (χ4n) is 2.14. The first-order valence-corrected chi connectivity index (χ1v) is 6.62. The fraction of sp³-hybridized carbons (Fsp3) is 0.600. The molecule has 1 saturated carbocycles. The summed E-state index contributed by atoms with van der Waals surface area (Å²) in [5, 5.41) is 9.50. The monoisotopic (exact) mass is 233 g/mol. The van der Waals surface area contributed by atoms with Gasteiger partial charge in [0.25, 0.3) is 0 Å². The minimum atomic E-state index is -0.375. The van der Waals surface area contributed by atoms with Crippen molar-refractivity contribution in [3.8, 4) is 0 Å². The number of rotatable bonds is 5. The van der Waals surface area contributed by atoms with Gasteiger partial charge in [0.2, 0.25) is 0 Å². The van der Waals surface area contributed by atoms with Gasteiger partial charge < -0.3 is 10.0 Å². The van der Waals surface area contributed by atoms with Crippen LogP contribution < -0.4 is 4.90 Å². The van der Waals surface area contributed by atoms with E-state index < -0.39 is 0 Å². The standard InChI is InChI=1S/C15H23NO/c1-11(2)16(10-13-4-5-13)15-8-6-14(7-9-15)12(3)17/h6-9,11-13,17H,4-5,10H2,1-3H3. The quantitative estimate of drug-likeness (QED) is 0.843. The van der Waals surface area contributed by atoms with Crippen molar-refractivity contribution in [2.45, 2.75) is 45.8 Å². The number of aliphatic hydroxyl groups is 1. The summed E-state index contributed by atoms with van der Waals surface area (Å²) in [6.45, 7) is 7.46. The Kier molecular flexibility index (Phi) is 3.72. The highest BCUT2D eigenvalue weighted by molar-refractivity contribution is 5.48. The minimum Gasteiger partial charge on any atom is -0.389 e. The van der Waals surface area contributed by atoms with Gasteiger partial charge in [-0.25, -0.2) is 0 Å². The van der Waals surface area contributed by atoms with Crippen LogP contribution in [0, 0.1) is 5.92 Å². The minimum absolute atomic E-state index is 0.375. The molecule has 0 bridgehead atoms. The first-order valence-electron chi connectivity index (χ1n) is 6.62. The molecule has 1 aliphatic rings. The predicted octanol–water partition coefficient (Wildman–Crippen LogP) is 3.36. The maximum atomic E-state index is 9.50. The van der Waals surface area contributed by atoms with E-state index in [-0.39, 0.29) is 6.10 Å². The average molecular weight is 233 g/mol. The summed E-state index contributed by atoms with van der Waals surface area (Å²) in [7, 11) is 0. The summed E-state index contributed by atoms with van der Waals surface area (Å²) in [5.74, 6) is 0.897. The van der Waals surface area contributed by atoms with Gasteiger partial charge in [-0.15, -0.1) is 0 Å². The second kappa shape index (κ2) is 5.09. The van der Waals surface area contributed by atoms with E-state index in [1.165, 1.54) is 25.1 Å². The van der Waals surface area contributed by atoms with Gasteiger partial charge in [0, 0.05) is 18.3 Å². The van der Waals surface area contributed by atoms with E-state index in [9.17, 15) is 5.11 Å². The van der Waals surface area contributed by atoms with Crippen molar-refractivity contribution in [3.63, 3.8) is 0 Å². The summed E-state index contributed by atoms with van der Waals surface area (Å²) in [4.78, 5) is 2.46. The van der Waals surface area contributed by atoms with Gasteiger partial charge in [-0.2, -0.15) is 0 Å². The van der Waals surface area contributed by atoms with Crippen LogP contribution in [-0.2, 0) is 0 Å². The summed E-state index contributed by atoms with van der Waals surface area (Å²) < 4.78 is 0. The van der Waals surface area contributed by atoms with Gasteiger partial charge in [-0.3, -0.25) is 0 Å². The van der Waals surface area contributed by atoms with Gasteiger partial charge in [-0.1, -0.05) is 12.1 Å². The molecule has 0 amide bonds. The third kappa shape index (κ3) is 3.22. The molecule has 1 aliphatic carbocycles. The topological polar surface area (TPSA) is 23.5 Å².